The number of nitrogens with one attached hydrogen (secondary N) is 3. The molecule has 38 heavy (non-hydrogen) atoms. The summed E-state index contributed by atoms with van der Waals surface area (Å²) in [6, 6.07) is 17.8. The van der Waals surface area contributed by atoms with Gasteiger partial charge in [-0.1, -0.05) is 74.5 Å². The average molecular weight is 525 g/mol. The molecule has 1 fully saturated rings. The lowest BCUT2D eigenvalue weighted by atomic mass is 9.80. The van der Waals surface area contributed by atoms with Crippen LogP contribution in [0.2, 0.25) is 0 Å². The molecule has 0 aromatic heterocycles. The Hall–Kier alpha value is -3.76. The lowest BCUT2D eigenvalue weighted by Crippen LogP contribution is -2.65. The Balaban J connectivity index is 1.86. The van der Waals surface area contributed by atoms with Gasteiger partial charge in [0.25, 0.3) is 5.91 Å². The number of hydroxylamine groups is 1. The molecule has 0 radical (unpaired) electrons. The molecule has 0 spiro atoms. The van der Waals surface area contributed by atoms with E-state index in [0.717, 1.165) is 10.5 Å². The van der Waals surface area contributed by atoms with Gasteiger partial charge >= 0.3 is 6.03 Å². The van der Waals surface area contributed by atoms with Crippen molar-refractivity contribution >= 4 is 23.8 Å². The normalized spacial score (nSPS) is 18.7. The predicted octanol–water partition coefficient (Wildman–Crippen LogP) is 2.35. The van der Waals surface area contributed by atoms with Gasteiger partial charge in [-0.15, -0.1) is 0 Å². The first kappa shape index (κ1) is 28.8. The van der Waals surface area contributed by atoms with E-state index < -0.39 is 47.9 Å². The zero-order valence-corrected chi connectivity index (χ0v) is 21.7. The van der Waals surface area contributed by atoms with E-state index in [4.69, 9.17) is 0 Å². The van der Waals surface area contributed by atoms with Gasteiger partial charge in [-0.25, -0.2) is 10.3 Å². The standard InChI is InChI=1S/C28H36N4O6/c1-19(2)16-23(22(25(35)31-38)15-9-14-20-10-5-3-6-11-20)24(34)30-28(18-33)26(36)29-27(37)32(28)17-21-12-7-4-8-13-21/h3-8,10-13,19,22-23,33,38H,9,14-18H2,1-2H3,(H,30,34)(H,31,35)(H,29,36,37)/t22-,23+,28-/m0/s1. The van der Waals surface area contributed by atoms with Crippen LogP contribution in [0.5, 0.6) is 0 Å². The minimum atomic E-state index is -2.04. The zero-order chi connectivity index (χ0) is 27.7. The molecule has 0 bridgehead atoms. The first-order valence-corrected chi connectivity index (χ1v) is 12.8. The quantitative estimate of drug-likeness (QED) is 0.154. The maximum absolute atomic E-state index is 13.7. The number of rotatable bonds is 13. The van der Waals surface area contributed by atoms with Crippen molar-refractivity contribution in [1.82, 2.24) is 21.0 Å². The van der Waals surface area contributed by atoms with E-state index in [1.165, 1.54) is 0 Å². The molecule has 0 aliphatic carbocycles. The smallest absolute Gasteiger partial charge is 0.326 e. The number of hydrogen-bond donors (Lipinski definition) is 5. The highest BCUT2D eigenvalue weighted by molar-refractivity contribution is 6.08. The highest BCUT2D eigenvalue weighted by Crippen LogP contribution is 2.29. The molecular formula is C28H36N4O6. The fourth-order valence-electron chi connectivity index (χ4n) is 4.88. The van der Waals surface area contributed by atoms with Gasteiger partial charge in [0.1, 0.15) is 0 Å². The number of benzene rings is 2. The van der Waals surface area contributed by atoms with Crippen LogP contribution in [0.1, 0.15) is 44.2 Å². The summed E-state index contributed by atoms with van der Waals surface area (Å²) >= 11 is 0. The summed E-state index contributed by atoms with van der Waals surface area (Å²) in [4.78, 5) is 53.2. The van der Waals surface area contributed by atoms with Crippen molar-refractivity contribution in [3.05, 3.63) is 71.8 Å². The van der Waals surface area contributed by atoms with E-state index in [1.54, 1.807) is 35.8 Å². The Morgan fingerprint density at radius 2 is 1.55 bits per heavy atom. The Kier molecular flexibility index (Phi) is 9.98. The number of aliphatic hydroxyl groups excluding tert-OH is 1. The third-order valence-electron chi connectivity index (χ3n) is 6.86. The number of carbonyl (C=O) groups is 4. The van der Waals surface area contributed by atoms with Crippen LogP contribution < -0.4 is 16.1 Å². The molecule has 3 atom stereocenters. The lowest BCUT2D eigenvalue weighted by molar-refractivity contribution is -0.146. The van der Waals surface area contributed by atoms with Gasteiger partial charge in [-0.2, -0.15) is 0 Å². The van der Waals surface area contributed by atoms with Crippen LogP contribution >= 0.6 is 0 Å². The second-order valence-electron chi connectivity index (χ2n) is 10.0. The lowest BCUT2D eigenvalue weighted by Gasteiger charge is -2.36. The van der Waals surface area contributed by atoms with Gasteiger partial charge in [-0.3, -0.25) is 29.8 Å². The zero-order valence-electron chi connectivity index (χ0n) is 21.7. The molecule has 204 valence electrons. The second-order valence-corrected chi connectivity index (χ2v) is 10.0. The topological polar surface area (TPSA) is 148 Å². The monoisotopic (exact) mass is 524 g/mol. The van der Waals surface area contributed by atoms with E-state index in [0.29, 0.717) is 24.8 Å². The van der Waals surface area contributed by atoms with Crippen molar-refractivity contribution < 1.29 is 29.5 Å². The van der Waals surface area contributed by atoms with Crippen LogP contribution in [-0.4, -0.2) is 51.2 Å². The number of carbonyl (C=O) groups excluding carboxylic acids is 4. The number of aryl methyl sites for hydroxylation is 1. The van der Waals surface area contributed by atoms with Crippen molar-refractivity contribution in [1.29, 1.82) is 0 Å². The summed E-state index contributed by atoms with van der Waals surface area (Å²) in [6.07, 6.45) is 1.84. The van der Waals surface area contributed by atoms with E-state index in [1.807, 2.05) is 44.2 Å². The maximum atomic E-state index is 13.7. The predicted molar refractivity (Wildman–Crippen MR) is 139 cm³/mol. The highest BCUT2D eigenvalue weighted by Gasteiger charge is 2.55. The molecule has 1 aliphatic heterocycles. The molecule has 5 amide bonds. The van der Waals surface area contributed by atoms with E-state index in [-0.39, 0.29) is 18.9 Å². The van der Waals surface area contributed by atoms with Crippen LogP contribution in [0.3, 0.4) is 0 Å². The molecule has 1 heterocycles. The third-order valence-corrected chi connectivity index (χ3v) is 6.86. The summed E-state index contributed by atoms with van der Waals surface area (Å²) < 4.78 is 0. The highest BCUT2D eigenvalue weighted by atomic mass is 16.5. The number of aliphatic hydroxyl groups is 1. The van der Waals surface area contributed by atoms with Crippen molar-refractivity contribution in [3.63, 3.8) is 0 Å². The minimum Gasteiger partial charge on any atom is -0.391 e. The Morgan fingerprint density at radius 1 is 0.947 bits per heavy atom. The van der Waals surface area contributed by atoms with Crippen molar-refractivity contribution in [3.8, 4) is 0 Å². The van der Waals surface area contributed by atoms with Crippen molar-refractivity contribution in [2.75, 3.05) is 6.61 Å². The summed E-state index contributed by atoms with van der Waals surface area (Å²) in [5, 5.41) is 24.6. The van der Waals surface area contributed by atoms with Gasteiger partial charge in [0.15, 0.2) is 0 Å². The molecule has 3 rings (SSSR count). The Bertz CT molecular complexity index is 1110. The second kappa shape index (κ2) is 13.2. The molecule has 1 saturated heterocycles. The van der Waals surface area contributed by atoms with Gasteiger partial charge < -0.3 is 10.4 Å². The summed E-state index contributed by atoms with van der Waals surface area (Å²) in [6.45, 7) is 2.90. The van der Waals surface area contributed by atoms with Crippen LogP contribution in [0.4, 0.5) is 4.79 Å². The van der Waals surface area contributed by atoms with Crippen molar-refractivity contribution in [2.24, 2.45) is 17.8 Å². The van der Waals surface area contributed by atoms with Gasteiger partial charge in [0, 0.05) is 5.92 Å². The van der Waals surface area contributed by atoms with Crippen LogP contribution in [0.25, 0.3) is 0 Å². The largest absolute Gasteiger partial charge is 0.391 e. The summed E-state index contributed by atoms with van der Waals surface area (Å²) in [7, 11) is 0. The molecule has 5 N–H and O–H groups in total. The number of nitrogens with zero attached hydrogens (tertiary/aromatic N) is 1. The number of urea groups is 1. The number of amides is 5. The molecule has 10 nitrogen and oxygen atoms in total. The molecule has 0 saturated carbocycles. The number of hydrogen-bond acceptors (Lipinski definition) is 6. The summed E-state index contributed by atoms with van der Waals surface area (Å²) in [5.41, 5.74) is 1.42. The van der Waals surface area contributed by atoms with Crippen molar-refractivity contribution in [2.45, 2.75) is 51.7 Å². The number of imide groups is 1. The van der Waals surface area contributed by atoms with Crippen LogP contribution in [-0.2, 0) is 27.3 Å². The molecule has 0 unspecified atom stereocenters. The molecular weight excluding hydrogens is 488 g/mol. The van der Waals surface area contributed by atoms with E-state index in [9.17, 15) is 29.5 Å². The first-order valence-electron chi connectivity index (χ1n) is 12.8. The van der Waals surface area contributed by atoms with E-state index >= 15 is 0 Å². The Labute approximate surface area is 222 Å². The van der Waals surface area contributed by atoms with Gasteiger partial charge in [0.05, 0.1) is 19.1 Å². The third kappa shape index (κ3) is 6.76. The molecule has 10 heteroatoms. The van der Waals surface area contributed by atoms with Crippen LogP contribution in [0, 0.1) is 17.8 Å². The van der Waals surface area contributed by atoms with Gasteiger partial charge in [-0.05, 0) is 42.7 Å². The fraction of sp³-hybridized carbons (Fsp3) is 0.429. The van der Waals surface area contributed by atoms with Crippen LogP contribution in [0.15, 0.2) is 60.7 Å². The fourth-order valence-corrected chi connectivity index (χ4v) is 4.88. The molecule has 2 aromatic rings. The molecule has 1 aliphatic rings. The summed E-state index contributed by atoms with van der Waals surface area (Å²) in [5.74, 6) is -4.05. The molecule has 2 aromatic carbocycles. The van der Waals surface area contributed by atoms with Gasteiger partial charge in [0.2, 0.25) is 17.5 Å². The Morgan fingerprint density at radius 3 is 2.11 bits per heavy atom. The SMILES string of the molecule is CC(C)C[C@@H](C(=O)N[C@]1(CO)C(=O)NC(=O)N1Cc1ccccc1)[C@H](CCCc1ccccc1)C(=O)NO. The van der Waals surface area contributed by atoms with E-state index in [2.05, 4.69) is 10.6 Å². The average Bonchev–Trinajstić information content (AvgIpc) is 3.14. The minimum absolute atomic E-state index is 0.00148. The maximum Gasteiger partial charge on any atom is 0.326 e. The first-order chi connectivity index (χ1) is 18.2.